The number of carbonyl (C=O) groups excluding carboxylic acids is 1. The SMILES string of the molecule is COc1ccc(C#Cc2cnccc2-c2[nH]c3c(c2Nc2cccc(F)c2C)C(=O)NCC3)cn1. The number of carbonyl (C=O) groups is 1. The zero-order valence-electron chi connectivity index (χ0n) is 19.2. The number of methoxy groups -OCH3 is 1. The molecule has 0 radical (unpaired) electrons. The molecule has 1 amide bonds. The van der Waals surface area contributed by atoms with Gasteiger partial charge in [-0.15, -0.1) is 0 Å². The molecule has 3 aromatic heterocycles. The number of anilines is 2. The van der Waals surface area contributed by atoms with Crippen LogP contribution in [0.4, 0.5) is 15.8 Å². The van der Waals surface area contributed by atoms with Gasteiger partial charge in [-0.25, -0.2) is 9.37 Å². The van der Waals surface area contributed by atoms with E-state index in [4.69, 9.17) is 4.74 Å². The van der Waals surface area contributed by atoms with Crippen LogP contribution in [0.25, 0.3) is 11.3 Å². The second-order valence-corrected chi connectivity index (χ2v) is 8.03. The predicted octanol–water partition coefficient (Wildman–Crippen LogP) is 4.36. The molecule has 0 aliphatic carbocycles. The third-order valence-electron chi connectivity index (χ3n) is 5.87. The van der Waals surface area contributed by atoms with E-state index in [1.807, 2.05) is 12.1 Å². The van der Waals surface area contributed by atoms with Crippen LogP contribution < -0.4 is 15.4 Å². The number of benzene rings is 1. The Labute approximate surface area is 201 Å². The number of nitrogens with one attached hydrogen (secondary N) is 3. The highest BCUT2D eigenvalue weighted by Gasteiger charge is 2.28. The van der Waals surface area contributed by atoms with Gasteiger partial charge in [0, 0.05) is 65.7 Å². The normalized spacial score (nSPS) is 12.3. The summed E-state index contributed by atoms with van der Waals surface area (Å²) in [6.07, 6.45) is 5.64. The number of ether oxygens (including phenoxy) is 1. The Balaban J connectivity index is 1.62. The van der Waals surface area contributed by atoms with Crippen molar-refractivity contribution in [3.63, 3.8) is 0 Å². The molecule has 0 fully saturated rings. The molecule has 0 unspecified atom stereocenters. The van der Waals surface area contributed by atoms with E-state index in [9.17, 15) is 9.18 Å². The van der Waals surface area contributed by atoms with E-state index >= 15 is 0 Å². The maximum Gasteiger partial charge on any atom is 0.255 e. The molecule has 5 rings (SSSR count). The van der Waals surface area contributed by atoms with Gasteiger partial charge in [0.2, 0.25) is 5.88 Å². The summed E-state index contributed by atoms with van der Waals surface area (Å²) in [6.45, 7) is 2.24. The number of aromatic nitrogens is 3. The van der Waals surface area contributed by atoms with Gasteiger partial charge in [-0.1, -0.05) is 17.9 Å². The lowest BCUT2D eigenvalue weighted by atomic mass is 10.0. The summed E-state index contributed by atoms with van der Waals surface area (Å²) in [5.41, 5.74) is 5.80. The Hall–Kier alpha value is -4.64. The Morgan fingerprint density at radius 3 is 2.83 bits per heavy atom. The maximum atomic E-state index is 14.3. The third-order valence-corrected chi connectivity index (χ3v) is 5.87. The Morgan fingerprint density at radius 2 is 2.03 bits per heavy atom. The lowest BCUT2D eigenvalue weighted by molar-refractivity contribution is 0.0947. The van der Waals surface area contributed by atoms with Crippen LogP contribution >= 0.6 is 0 Å². The second kappa shape index (κ2) is 9.31. The maximum absolute atomic E-state index is 14.3. The van der Waals surface area contributed by atoms with Crippen molar-refractivity contribution in [1.82, 2.24) is 20.3 Å². The van der Waals surface area contributed by atoms with E-state index in [1.54, 1.807) is 50.8 Å². The molecule has 0 saturated carbocycles. The average Bonchev–Trinajstić information content (AvgIpc) is 3.25. The van der Waals surface area contributed by atoms with Gasteiger partial charge in [0.25, 0.3) is 5.91 Å². The molecule has 35 heavy (non-hydrogen) atoms. The first-order chi connectivity index (χ1) is 17.0. The minimum atomic E-state index is -0.325. The molecule has 0 bridgehead atoms. The topological polar surface area (TPSA) is 91.9 Å². The number of hydrogen-bond donors (Lipinski definition) is 3. The zero-order valence-corrected chi connectivity index (χ0v) is 19.2. The Kier molecular flexibility index (Phi) is 5.90. The smallest absolute Gasteiger partial charge is 0.255 e. The fraction of sp³-hybridized carbons (Fsp3) is 0.148. The van der Waals surface area contributed by atoms with Crippen molar-refractivity contribution < 1.29 is 13.9 Å². The molecule has 0 atom stereocenters. The summed E-state index contributed by atoms with van der Waals surface area (Å²) in [7, 11) is 1.56. The standard InChI is InChI=1S/C27H22FN5O2/c1-16-20(28)4-3-5-21(16)32-26-24-22(11-13-30-27(24)34)33-25(26)19-10-12-29-15-18(19)8-6-17-7-9-23(35-2)31-14-17/h3-5,7,9-10,12,14-15,32-33H,11,13H2,1-2H3,(H,30,34). The number of aromatic amines is 1. The van der Waals surface area contributed by atoms with Gasteiger partial charge >= 0.3 is 0 Å². The quantitative estimate of drug-likeness (QED) is 0.388. The summed E-state index contributed by atoms with van der Waals surface area (Å²) in [5.74, 6) is 6.28. The van der Waals surface area contributed by atoms with Crippen LogP contribution in [0.1, 0.15) is 32.7 Å². The second-order valence-electron chi connectivity index (χ2n) is 8.03. The van der Waals surface area contributed by atoms with Gasteiger partial charge in [-0.3, -0.25) is 9.78 Å². The Morgan fingerprint density at radius 1 is 1.14 bits per heavy atom. The molecular weight excluding hydrogens is 445 g/mol. The van der Waals surface area contributed by atoms with Gasteiger partial charge in [0.1, 0.15) is 5.82 Å². The highest BCUT2D eigenvalue weighted by Crippen LogP contribution is 2.38. The summed E-state index contributed by atoms with van der Waals surface area (Å²) in [6, 6.07) is 10.2. The molecule has 4 aromatic rings. The number of nitrogens with zero attached hydrogens (tertiary/aromatic N) is 2. The van der Waals surface area contributed by atoms with E-state index in [2.05, 4.69) is 37.4 Å². The van der Waals surface area contributed by atoms with Crippen molar-refractivity contribution in [2.24, 2.45) is 0 Å². The van der Waals surface area contributed by atoms with Crippen LogP contribution in [0.2, 0.25) is 0 Å². The van der Waals surface area contributed by atoms with Crippen molar-refractivity contribution in [2.75, 3.05) is 19.0 Å². The van der Waals surface area contributed by atoms with Crippen molar-refractivity contribution in [2.45, 2.75) is 13.3 Å². The molecule has 4 heterocycles. The first-order valence-corrected chi connectivity index (χ1v) is 11.1. The van der Waals surface area contributed by atoms with E-state index in [0.29, 0.717) is 52.6 Å². The number of amides is 1. The average molecular weight is 468 g/mol. The summed E-state index contributed by atoms with van der Waals surface area (Å²) in [5, 5.41) is 6.20. The molecule has 8 heteroatoms. The fourth-order valence-corrected chi connectivity index (χ4v) is 4.01. The highest BCUT2D eigenvalue weighted by molar-refractivity contribution is 6.06. The lowest BCUT2D eigenvalue weighted by Crippen LogP contribution is -2.31. The van der Waals surface area contributed by atoms with Crippen molar-refractivity contribution in [1.29, 1.82) is 0 Å². The largest absolute Gasteiger partial charge is 0.481 e. The van der Waals surface area contributed by atoms with Gasteiger partial charge in [-0.05, 0) is 31.2 Å². The van der Waals surface area contributed by atoms with Gasteiger partial charge in [0.05, 0.1) is 29.6 Å². The number of pyridine rings is 2. The minimum absolute atomic E-state index is 0.184. The lowest BCUT2D eigenvalue weighted by Gasteiger charge is -2.16. The number of rotatable bonds is 4. The third kappa shape index (κ3) is 4.32. The van der Waals surface area contributed by atoms with Crippen LogP contribution in [0, 0.1) is 24.6 Å². The molecule has 174 valence electrons. The van der Waals surface area contributed by atoms with Crippen molar-refractivity contribution in [3.8, 4) is 29.0 Å². The van der Waals surface area contributed by atoms with Gasteiger partial charge in [-0.2, -0.15) is 0 Å². The molecule has 3 N–H and O–H groups in total. The Bertz CT molecular complexity index is 1480. The van der Waals surface area contributed by atoms with Gasteiger partial charge < -0.3 is 20.4 Å². The van der Waals surface area contributed by atoms with Gasteiger partial charge in [0.15, 0.2) is 0 Å². The number of hydrogen-bond acceptors (Lipinski definition) is 5. The number of fused-ring (bicyclic) bond motifs is 1. The molecule has 1 aliphatic heterocycles. The van der Waals surface area contributed by atoms with Crippen molar-refractivity contribution in [3.05, 3.63) is 88.8 Å². The number of halogens is 1. The summed E-state index contributed by atoms with van der Waals surface area (Å²) < 4.78 is 19.4. The summed E-state index contributed by atoms with van der Waals surface area (Å²) >= 11 is 0. The molecule has 0 saturated heterocycles. The zero-order chi connectivity index (χ0) is 24.4. The van der Waals surface area contributed by atoms with E-state index < -0.39 is 0 Å². The fourth-order valence-electron chi connectivity index (χ4n) is 4.01. The van der Waals surface area contributed by atoms with Crippen LogP contribution in [0.3, 0.4) is 0 Å². The molecular formula is C27H22FN5O2. The van der Waals surface area contributed by atoms with E-state index in [-0.39, 0.29) is 11.7 Å². The van der Waals surface area contributed by atoms with Crippen molar-refractivity contribution >= 4 is 17.3 Å². The first-order valence-electron chi connectivity index (χ1n) is 11.1. The van der Waals surface area contributed by atoms with E-state index in [0.717, 1.165) is 16.8 Å². The first kappa shape index (κ1) is 22.2. The predicted molar refractivity (Wildman–Crippen MR) is 131 cm³/mol. The van der Waals surface area contributed by atoms with Crippen LogP contribution in [0.15, 0.2) is 55.0 Å². The molecule has 1 aromatic carbocycles. The highest BCUT2D eigenvalue weighted by atomic mass is 19.1. The van der Waals surface area contributed by atoms with Crippen LogP contribution in [0.5, 0.6) is 5.88 Å². The molecule has 0 spiro atoms. The van der Waals surface area contributed by atoms with Crippen LogP contribution in [-0.4, -0.2) is 34.5 Å². The van der Waals surface area contributed by atoms with E-state index in [1.165, 1.54) is 6.07 Å². The number of H-pyrrole nitrogens is 1. The molecule has 7 nitrogen and oxygen atoms in total. The minimum Gasteiger partial charge on any atom is -0.481 e. The monoisotopic (exact) mass is 467 g/mol. The molecule has 1 aliphatic rings. The van der Waals surface area contributed by atoms with Crippen LogP contribution in [-0.2, 0) is 6.42 Å². The summed E-state index contributed by atoms with van der Waals surface area (Å²) in [4.78, 5) is 24.7.